The van der Waals surface area contributed by atoms with E-state index in [0.717, 1.165) is 12.0 Å². The van der Waals surface area contributed by atoms with Crippen LogP contribution < -0.4 is 5.32 Å². The average Bonchev–Trinajstić information content (AvgIpc) is 3.24. The zero-order valence-electron chi connectivity index (χ0n) is 14.3. The molecule has 0 amide bonds. The van der Waals surface area contributed by atoms with Gasteiger partial charge in [-0.2, -0.15) is 4.98 Å². The van der Waals surface area contributed by atoms with Crippen LogP contribution in [0, 0.1) is 6.92 Å². The fourth-order valence-electron chi connectivity index (χ4n) is 2.24. The fourth-order valence-corrected chi connectivity index (χ4v) is 3.51. The van der Waals surface area contributed by atoms with Crippen molar-refractivity contribution in [1.29, 1.82) is 0 Å². The van der Waals surface area contributed by atoms with Crippen LogP contribution in [0.2, 0.25) is 0 Å². The second-order valence-electron chi connectivity index (χ2n) is 5.90. The van der Waals surface area contributed by atoms with Crippen LogP contribution in [0.15, 0.2) is 61.4 Å². The van der Waals surface area contributed by atoms with Gasteiger partial charge in [-0.15, -0.1) is 0 Å². The number of rotatable bonds is 6. The Balaban J connectivity index is 2.10. The Morgan fingerprint density at radius 1 is 1.20 bits per heavy atom. The van der Waals surface area contributed by atoms with Crippen LogP contribution in [0.3, 0.4) is 0 Å². The van der Waals surface area contributed by atoms with E-state index in [0.29, 0.717) is 5.76 Å². The molecule has 1 N–H and O–H groups in total. The van der Waals surface area contributed by atoms with Gasteiger partial charge >= 0.3 is 0 Å². The average molecular weight is 360 g/mol. The predicted octanol–water partition coefficient (Wildman–Crippen LogP) is 4.29. The lowest BCUT2D eigenvalue weighted by Crippen LogP contribution is -2.15. The van der Waals surface area contributed by atoms with Gasteiger partial charge in [0.05, 0.1) is 11.2 Å². The third-order valence-electron chi connectivity index (χ3n) is 3.90. The van der Waals surface area contributed by atoms with E-state index in [4.69, 9.17) is 8.83 Å². The Morgan fingerprint density at radius 3 is 2.52 bits per heavy atom. The minimum Gasteiger partial charge on any atom is -0.459 e. The van der Waals surface area contributed by atoms with Crippen molar-refractivity contribution >= 4 is 15.7 Å². The minimum absolute atomic E-state index is 0.0318. The summed E-state index contributed by atoms with van der Waals surface area (Å²) in [6.45, 7) is 5.84. The molecule has 0 unspecified atom stereocenters. The number of aryl methyl sites for hydroxylation is 1. The van der Waals surface area contributed by atoms with Crippen LogP contribution in [0.4, 0.5) is 5.88 Å². The maximum atomic E-state index is 13.0. The van der Waals surface area contributed by atoms with Crippen LogP contribution >= 0.6 is 0 Å². The number of anilines is 1. The summed E-state index contributed by atoms with van der Waals surface area (Å²) in [4.78, 5) is 4.37. The topological polar surface area (TPSA) is 85.3 Å². The molecule has 0 bridgehead atoms. The molecule has 7 heteroatoms. The third-order valence-corrected chi connectivity index (χ3v) is 5.58. The molecule has 0 aliphatic heterocycles. The molecule has 6 nitrogen and oxygen atoms in total. The zero-order chi connectivity index (χ0) is 18.0. The minimum atomic E-state index is -3.82. The van der Waals surface area contributed by atoms with Crippen LogP contribution in [-0.4, -0.2) is 19.4 Å². The molecule has 0 aliphatic carbocycles. The van der Waals surface area contributed by atoms with E-state index in [1.54, 1.807) is 36.4 Å². The molecular weight excluding hydrogens is 340 g/mol. The highest BCUT2D eigenvalue weighted by Crippen LogP contribution is 2.33. The largest absolute Gasteiger partial charge is 0.459 e. The van der Waals surface area contributed by atoms with Crippen molar-refractivity contribution in [2.75, 3.05) is 5.32 Å². The van der Waals surface area contributed by atoms with Crippen molar-refractivity contribution in [3.8, 4) is 11.7 Å². The molecule has 0 spiro atoms. The Labute approximate surface area is 146 Å². The van der Waals surface area contributed by atoms with Crippen molar-refractivity contribution in [2.45, 2.75) is 43.2 Å². The summed E-state index contributed by atoms with van der Waals surface area (Å²) < 4.78 is 37.0. The summed E-state index contributed by atoms with van der Waals surface area (Å²) in [5, 5.41) is 2.94. The Morgan fingerprint density at radius 2 is 1.92 bits per heavy atom. The first kappa shape index (κ1) is 17.3. The quantitative estimate of drug-likeness (QED) is 0.706. The maximum absolute atomic E-state index is 13.0. The summed E-state index contributed by atoms with van der Waals surface area (Å²) in [6, 6.07) is 10.0. The first-order chi connectivity index (χ1) is 11.9. The van der Waals surface area contributed by atoms with Crippen molar-refractivity contribution in [1.82, 2.24) is 4.98 Å². The summed E-state index contributed by atoms with van der Waals surface area (Å²) in [5.74, 6) is 0.625. The second kappa shape index (κ2) is 6.76. The molecular formula is C18H20N2O4S. The third kappa shape index (κ3) is 3.46. The number of furan rings is 1. The van der Waals surface area contributed by atoms with Crippen LogP contribution in [-0.2, 0) is 9.84 Å². The molecule has 0 saturated carbocycles. The van der Waals surface area contributed by atoms with Crippen molar-refractivity contribution in [2.24, 2.45) is 0 Å². The summed E-state index contributed by atoms with van der Waals surface area (Å²) in [5.41, 5.74) is 0.980. The number of aromatic nitrogens is 1. The van der Waals surface area contributed by atoms with E-state index < -0.39 is 9.84 Å². The monoisotopic (exact) mass is 360 g/mol. The normalized spacial score (nSPS) is 12.9. The SMILES string of the molecule is CC[C@H](C)Nc1oc(-c2ccco2)nc1S(=O)(=O)c1ccc(C)cc1. The van der Waals surface area contributed by atoms with Crippen LogP contribution in [0.5, 0.6) is 0 Å². The van der Waals surface area contributed by atoms with Gasteiger partial charge in [0, 0.05) is 6.04 Å². The molecule has 2 heterocycles. The van der Waals surface area contributed by atoms with Crippen LogP contribution in [0.1, 0.15) is 25.8 Å². The van der Waals surface area contributed by atoms with Crippen molar-refractivity contribution in [3.05, 3.63) is 48.2 Å². The van der Waals surface area contributed by atoms with E-state index in [1.165, 1.54) is 6.26 Å². The lowest BCUT2D eigenvalue weighted by Gasteiger charge is -2.11. The van der Waals surface area contributed by atoms with Gasteiger partial charge in [-0.3, -0.25) is 0 Å². The lowest BCUT2D eigenvalue weighted by molar-refractivity contribution is 0.518. The Hall–Kier alpha value is -2.54. The highest BCUT2D eigenvalue weighted by atomic mass is 32.2. The van der Waals surface area contributed by atoms with E-state index in [9.17, 15) is 8.42 Å². The Bertz CT molecular complexity index is 942. The number of benzene rings is 1. The summed E-state index contributed by atoms with van der Waals surface area (Å²) >= 11 is 0. The van der Waals surface area contributed by atoms with Gasteiger partial charge in [-0.1, -0.05) is 24.6 Å². The van der Waals surface area contributed by atoms with E-state index in [2.05, 4.69) is 10.3 Å². The molecule has 3 aromatic rings. The van der Waals surface area contributed by atoms with Gasteiger partial charge in [0.2, 0.25) is 20.7 Å². The first-order valence-electron chi connectivity index (χ1n) is 8.04. The molecule has 0 saturated heterocycles. The van der Waals surface area contributed by atoms with Crippen molar-refractivity contribution in [3.63, 3.8) is 0 Å². The molecule has 0 aliphatic rings. The number of nitrogens with one attached hydrogen (secondary N) is 1. The second-order valence-corrected chi connectivity index (χ2v) is 7.77. The molecule has 1 atom stereocenters. The smallest absolute Gasteiger partial charge is 0.266 e. The zero-order valence-corrected chi connectivity index (χ0v) is 15.1. The summed E-state index contributed by atoms with van der Waals surface area (Å²) in [6.07, 6.45) is 2.29. The van der Waals surface area contributed by atoms with Gasteiger partial charge in [-0.05, 0) is 44.5 Å². The van der Waals surface area contributed by atoms with Gasteiger partial charge in [0.15, 0.2) is 5.76 Å². The molecule has 2 aromatic heterocycles. The highest BCUT2D eigenvalue weighted by Gasteiger charge is 2.29. The molecule has 132 valence electrons. The fraction of sp³-hybridized carbons (Fsp3) is 0.278. The van der Waals surface area contributed by atoms with E-state index in [1.807, 2.05) is 20.8 Å². The van der Waals surface area contributed by atoms with E-state index in [-0.39, 0.29) is 27.7 Å². The van der Waals surface area contributed by atoms with E-state index >= 15 is 0 Å². The molecule has 0 radical (unpaired) electrons. The number of hydrogen-bond acceptors (Lipinski definition) is 6. The predicted molar refractivity (Wildman–Crippen MR) is 94.2 cm³/mol. The number of oxazole rings is 1. The van der Waals surface area contributed by atoms with Crippen LogP contribution in [0.25, 0.3) is 11.7 Å². The van der Waals surface area contributed by atoms with Gasteiger partial charge in [0.1, 0.15) is 0 Å². The molecule has 0 fully saturated rings. The number of hydrogen-bond donors (Lipinski definition) is 1. The first-order valence-corrected chi connectivity index (χ1v) is 9.53. The Kier molecular flexibility index (Phi) is 4.67. The lowest BCUT2D eigenvalue weighted by atomic mass is 10.2. The van der Waals surface area contributed by atoms with Crippen molar-refractivity contribution < 1.29 is 17.3 Å². The maximum Gasteiger partial charge on any atom is 0.266 e. The highest BCUT2D eigenvalue weighted by molar-refractivity contribution is 7.91. The van der Waals surface area contributed by atoms with Gasteiger partial charge in [0.25, 0.3) is 5.89 Å². The molecule has 25 heavy (non-hydrogen) atoms. The number of nitrogens with zero attached hydrogens (tertiary/aromatic N) is 1. The molecule has 3 rings (SSSR count). The van der Waals surface area contributed by atoms with Gasteiger partial charge < -0.3 is 14.2 Å². The molecule has 1 aromatic carbocycles. The summed E-state index contributed by atoms with van der Waals surface area (Å²) in [7, 11) is -3.82. The number of sulfone groups is 1. The standard InChI is InChI=1S/C18H20N2O4S/c1-4-13(3)19-17-18(20-16(24-17)15-6-5-11-23-15)25(21,22)14-9-7-12(2)8-10-14/h5-11,13,19H,4H2,1-3H3/t13-/m0/s1. The van der Waals surface area contributed by atoms with Gasteiger partial charge in [-0.25, -0.2) is 8.42 Å².